The maximum atomic E-state index is 12.5. The van der Waals surface area contributed by atoms with E-state index < -0.39 is 0 Å². The van der Waals surface area contributed by atoms with Crippen molar-refractivity contribution in [1.29, 1.82) is 0 Å². The fraction of sp³-hybridized carbons (Fsp3) is 0.200. The summed E-state index contributed by atoms with van der Waals surface area (Å²) in [6, 6.07) is 22.1. The van der Waals surface area contributed by atoms with E-state index in [1.54, 1.807) is 43.5 Å². The minimum Gasteiger partial charge on any atom is -0.495 e. The quantitative estimate of drug-likeness (QED) is 0.371. The van der Waals surface area contributed by atoms with Crippen molar-refractivity contribution < 1.29 is 14.3 Å². The highest BCUT2D eigenvalue weighted by molar-refractivity contribution is 9.10. The Kier molecular flexibility index (Phi) is 8.41. The molecule has 0 aliphatic carbocycles. The molecule has 0 heterocycles. The molecule has 0 aromatic heterocycles. The Bertz CT molecular complexity index is 1050. The maximum Gasteiger partial charge on any atom is 0.255 e. The van der Waals surface area contributed by atoms with Crippen LogP contribution in [0.2, 0.25) is 0 Å². The number of para-hydroxylation sites is 2. The van der Waals surface area contributed by atoms with Gasteiger partial charge in [-0.25, -0.2) is 0 Å². The van der Waals surface area contributed by atoms with Crippen molar-refractivity contribution in [2.24, 2.45) is 0 Å². The second kappa shape index (κ2) is 11.5. The molecule has 3 aromatic rings. The van der Waals surface area contributed by atoms with Crippen LogP contribution < -0.4 is 20.7 Å². The predicted molar refractivity (Wildman–Crippen MR) is 131 cm³/mol. The molecule has 32 heavy (non-hydrogen) atoms. The monoisotopic (exact) mass is 495 g/mol. The third-order valence-electron chi connectivity index (χ3n) is 4.98. The number of nitrogens with one attached hydrogen (secondary N) is 3. The molecule has 2 amide bonds. The lowest BCUT2D eigenvalue weighted by Crippen LogP contribution is -2.31. The molecule has 1 atom stereocenters. The van der Waals surface area contributed by atoms with Gasteiger partial charge in [-0.2, -0.15) is 0 Å². The minimum absolute atomic E-state index is 0.0925. The summed E-state index contributed by atoms with van der Waals surface area (Å²) in [4.78, 5) is 24.9. The number of amides is 2. The van der Waals surface area contributed by atoms with Crippen molar-refractivity contribution in [3.63, 3.8) is 0 Å². The molecule has 0 bridgehead atoms. The van der Waals surface area contributed by atoms with E-state index in [2.05, 4.69) is 38.8 Å². The van der Waals surface area contributed by atoms with E-state index in [0.29, 0.717) is 22.7 Å². The van der Waals surface area contributed by atoms with Crippen LogP contribution >= 0.6 is 15.9 Å². The number of anilines is 2. The molecule has 3 N–H and O–H groups in total. The Morgan fingerprint density at radius 1 is 0.938 bits per heavy atom. The molecule has 0 aliphatic heterocycles. The van der Waals surface area contributed by atoms with E-state index >= 15 is 0 Å². The van der Waals surface area contributed by atoms with Gasteiger partial charge in [-0.05, 0) is 60.5 Å². The molecule has 0 saturated heterocycles. The lowest BCUT2D eigenvalue weighted by Gasteiger charge is -2.17. The first-order chi connectivity index (χ1) is 15.5. The number of hydrogen-bond donors (Lipinski definition) is 3. The van der Waals surface area contributed by atoms with E-state index in [4.69, 9.17) is 4.74 Å². The molecule has 3 rings (SSSR count). The van der Waals surface area contributed by atoms with Crippen LogP contribution in [0.5, 0.6) is 5.75 Å². The Morgan fingerprint density at radius 2 is 1.62 bits per heavy atom. The zero-order valence-electron chi connectivity index (χ0n) is 18.0. The van der Waals surface area contributed by atoms with Crippen molar-refractivity contribution in [2.75, 3.05) is 24.3 Å². The van der Waals surface area contributed by atoms with Gasteiger partial charge in [0.15, 0.2) is 0 Å². The van der Waals surface area contributed by atoms with Crippen molar-refractivity contribution in [3.05, 3.63) is 88.4 Å². The number of carbonyl (C=O) groups is 2. The van der Waals surface area contributed by atoms with Crippen LogP contribution in [0, 0.1) is 0 Å². The zero-order valence-corrected chi connectivity index (χ0v) is 19.6. The molecule has 166 valence electrons. The Labute approximate surface area is 196 Å². The van der Waals surface area contributed by atoms with E-state index in [1.165, 1.54) is 0 Å². The molecule has 0 radical (unpaired) electrons. The average molecular weight is 496 g/mol. The van der Waals surface area contributed by atoms with Gasteiger partial charge in [0.2, 0.25) is 5.91 Å². The Hall–Kier alpha value is -3.16. The first-order valence-electron chi connectivity index (χ1n) is 10.3. The first kappa shape index (κ1) is 23.5. The van der Waals surface area contributed by atoms with Gasteiger partial charge in [-0.3, -0.25) is 9.59 Å². The van der Waals surface area contributed by atoms with E-state index in [1.807, 2.05) is 36.4 Å². The second-order valence-electron chi connectivity index (χ2n) is 7.17. The van der Waals surface area contributed by atoms with Crippen LogP contribution in [0.25, 0.3) is 0 Å². The van der Waals surface area contributed by atoms with Crippen LogP contribution in [-0.2, 0) is 4.79 Å². The van der Waals surface area contributed by atoms with Crippen molar-refractivity contribution in [2.45, 2.75) is 19.4 Å². The van der Waals surface area contributed by atoms with E-state index in [-0.39, 0.29) is 24.4 Å². The minimum atomic E-state index is -0.255. The maximum absolute atomic E-state index is 12.5. The Balaban J connectivity index is 1.53. The molecule has 7 heteroatoms. The number of halogens is 1. The molecule has 0 spiro atoms. The van der Waals surface area contributed by atoms with Gasteiger partial charge in [0, 0.05) is 21.8 Å². The summed E-state index contributed by atoms with van der Waals surface area (Å²) in [6.45, 7) is 2.26. The number of benzene rings is 3. The van der Waals surface area contributed by atoms with E-state index in [9.17, 15) is 9.59 Å². The number of rotatable bonds is 9. The standard InChI is InChI=1S/C25H26BrN3O3/c1-3-21(17-8-12-19(26)13-9-17)27-16-24(30)28-20-14-10-18(11-15-20)25(31)29-22-6-4-5-7-23(22)32-2/h4-15,21,27H,3,16H2,1-2H3,(H,28,30)(H,29,31). The summed E-state index contributed by atoms with van der Waals surface area (Å²) in [5, 5.41) is 8.98. The van der Waals surface area contributed by atoms with Crippen LogP contribution in [0.3, 0.4) is 0 Å². The molecule has 3 aromatic carbocycles. The van der Waals surface area contributed by atoms with Crippen LogP contribution in [0.1, 0.15) is 35.3 Å². The van der Waals surface area contributed by atoms with Gasteiger partial charge in [-0.15, -0.1) is 0 Å². The molecular formula is C25H26BrN3O3. The summed E-state index contributed by atoms with van der Waals surface area (Å²) in [5.74, 6) is 0.187. The summed E-state index contributed by atoms with van der Waals surface area (Å²) < 4.78 is 6.28. The molecule has 0 fully saturated rings. The third kappa shape index (κ3) is 6.42. The fourth-order valence-corrected chi connectivity index (χ4v) is 3.53. The zero-order chi connectivity index (χ0) is 22.9. The van der Waals surface area contributed by atoms with Gasteiger partial charge >= 0.3 is 0 Å². The lowest BCUT2D eigenvalue weighted by atomic mass is 10.0. The average Bonchev–Trinajstić information content (AvgIpc) is 2.81. The predicted octanol–water partition coefficient (Wildman–Crippen LogP) is 5.39. The summed E-state index contributed by atoms with van der Waals surface area (Å²) in [5.41, 5.74) is 2.84. The van der Waals surface area contributed by atoms with Gasteiger partial charge in [0.1, 0.15) is 5.75 Å². The van der Waals surface area contributed by atoms with Crippen molar-refractivity contribution in [3.8, 4) is 5.75 Å². The number of ether oxygens (including phenoxy) is 1. The number of carbonyl (C=O) groups excluding carboxylic acids is 2. The summed E-state index contributed by atoms with van der Waals surface area (Å²) in [7, 11) is 1.55. The fourth-order valence-electron chi connectivity index (χ4n) is 3.26. The highest BCUT2D eigenvalue weighted by Crippen LogP contribution is 2.24. The molecule has 0 saturated carbocycles. The second-order valence-corrected chi connectivity index (χ2v) is 8.09. The van der Waals surface area contributed by atoms with Crippen molar-refractivity contribution in [1.82, 2.24) is 5.32 Å². The molecular weight excluding hydrogens is 470 g/mol. The van der Waals surface area contributed by atoms with Crippen LogP contribution in [0.4, 0.5) is 11.4 Å². The van der Waals surface area contributed by atoms with Crippen LogP contribution in [-0.4, -0.2) is 25.5 Å². The topological polar surface area (TPSA) is 79.5 Å². The Morgan fingerprint density at radius 3 is 2.28 bits per heavy atom. The molecule has 6 nitrogen and oxygen atoms in total. The number of hydrogen-bond acceptors (Lipinski definition) is 4. The highest BCUT2D eigenvalue weighted by atomic mass is 79.9. The van der Waals surface area contributed by atoms with Gasteiger partial charge in [-0.1, -0.05) is 47.1 Å². The summed E-state index contributed by atoms with van der Waals surface area (Å²) >= 11 is 3.44. The number of methoxy groups -OCH3 is 1. The van der Waals surface area contributed by atoms with Gasteiger partial charge < -0.3 is 20.7 Å². The normalized spacial score (nSPS) is 11.5. The van der Waals surface area contributed by atoms with E-state index in [0.717, 1.165) is 16.5 Å². The molecule has 0 aliphatic rings. The van der Waals surface area contributed by atoms with Gasteiger partial charge in [0.05, 0.1) is 19.3 Å². The van der Waals surface area contributed by atoms with Crippen molar-refractivity contribution >= 4 is 39.1 Å². The largest absolute Gasteiger partial charge is 0.495 e. The summed E-state index contributed by atoms with van der Waals surface area (Å²) in [6.07, 6.45) is 0.866. The third-order valence-corrected chi connectivity index (χ3v) is 5.50. The van der Waals surface area contributed by atoms with Crippen LogP contribution in [0.15, 0.2) is 77.3 Å². The lowest BCUT2D eigenvalue weighted by molar-refractivity contribution is -0.115. The SMILES string of the molecule is CCC(NCC(=O)Nc1ccc(C(=O)Nc2ccccc2OC)cc1)c1ccc(Br)cc1. The van der Waals surface area contributed by atoms with Gasteiger partial charge in [0.25, 0.3) is 5.91 Å². The smallest absolute Gasteiger partial charge is 0.255 e. The molecule has 1 unspecified atom stereocenters. The highest BCUT2D eigenvalue weighted by Gasteiger charge is 2.12. The first-order valence-corrected chi connectivity index (χ1v) is 11.1.